The van der Waals surface area contributed by atoms with Gasteiger partial charge in [0.05, 0.1) is 25.9 Å². The molecule has 1 aromatic carbocycles. The standard InChI is InChI=1S/C25H28NO4S/c27-24(25(28,22-9-4-16-29-22)20-6-2-1-3-7-20)30-23-18-19-10-13-26(23,14-11-19)15-12-21-8-5-17-31-21/h1-9,16-17,19,23,28H,10-15,18H2/q+1. The molecule has 6 heteroatoms. The van der Waals surface area contributed by atoms with Crippen molar-refractivity contribution in [2.24, 2.45) is 5.92 Å². The van der Waals surface area contributed by atoms with Gasteiger partial charge in [0, 0.05) is 36.1 Å². The molecule has 31 heavy (non-hydrogen) atoms. The van der Waals surface area contributed by atoms with Crippen molar-refractivity contribution in [2.45, 2.75) is 37.5 Å². The molecule has 0 aliphatic carbocycles. The zero-order valence-corrected chi connectivity index (χ0v) is 18.3. The molecular formula is C25H28NO4S+. The molecule has 0 saturated carbocycles. The van der Waals surface area contributed by atoms with Gasteiger partial charge in [-0.2, -0.15) is 0 Å². The zero-order valence-electron chi connectivity index (χ0n) is 17.5. The van der Waals surface area contributed by atoms with E-state index in [1.165, 1.54) is 24.0 Å². The maximum absolute atomic E-state index is 13.5. The van der Waals surface area contributed by atoms with Gasteiger partial charge >= 0.3 is 5.97 Å². The number of benzene rings is 1. The summed E-state index contributed by atoms with van der Waals surface area (Å²) in [4.78, 5) is 14.9. The second-order valence-corrected chi connectivity index (χ2v) is 9.84. The van der Waals surface area contributed by atoms with Crippen LogP contribution in [0.2, 0.25) is 0 Å². The predicted octanol–water partition coefficient (Wildman–Crippen LogP) is 4.32. The van der Waals surface area contributed by atoms with Crippen molar-refractivity contribution in [1.29, 1.82) is 0 Å². The number of furan rings is 1. The molecule has 3 saturated heterocycles. The molecule has 3 aromatic rings. The van der Waals surface area contributed by atoms with Crippen molar-refractivity contribution in [1.82, 2.24) is 0 Å². The van der Waals surface area contributed by atoms with Crippen LogP contribution in [0.5, 0.6) is 0 Å². The molecule has 1 N–H and O–H groups in total. The van der Waals surface area contributed by atoms with E-state index in [0.29, 0.717) is 11.5 Å². The summed E-state index contributed by atoms with van der Waals surface area (Å²) >= 11 is 1.78. The van der Waals surface area contributed by atoms with Crippen LogP contribution in [-0.4, -0.2) is 41.4 Å². The molecular weight excluding hydrogens is 410 g/mol. The third-order valence-electron chi connectivity index (χ3n) is 7.10. The molecule has 2 atom stereocenters. The van der Waals surface area contributed by atoms with Crippen molar-refractivity contribution < 1.29 is 23.5 Å². The molecule has 5 heterocycles. The number of quaternary nitrogens is 1. The first kappa shape index (κ1) is 20.5. The van der Waals surface area contributed by atoms with Gasteiger partial charge in [0.2, 0.25) is 11.8 Å². The Labute approximate surface area is 186 Å². The number of rotatable bonds is 7. The number of hydrogen-bond donors (Lipinski definition) is 1. The lowest BCUT2D eigenvalue weighted by Crippen LogP contribution is -2.66. The van der Waals surface area contributed by atoms with E-state index in [4.69, 9.17) is 9.15 Å². The Morgan fingerprint density at radius 2 is 1.94 bits per heavy atom. The van der Waals surface area contributed by atoms with Gasteiger partial charge in [-0.05, 0) is 29.5 Å². The SMILES string of the molecule is O=C(OC1CC2CC[N+]1(CCc1cccs1)CC2)C(O)(c1ccccc1)c1ccco1. The molecule has 3 fully saturated rings. The van der Waals surface area contributed by atoms with E-state index in [9.17, 15) is 9.90 Å². The number of carbonyl (C=O) groups is 1. The molecule has 2 aromatic heterocycles. The largest absolute Gasteiger partial charge is 0.465 e. The van der Waals surface area contributed by atoms with E-state index in [1.807, 2.05) is 6.07 Å². The summed E-state index contributed by atoms with van der Waals surface area (Å²) in [5.74, 6) is 0.123. The van der Waals surface area contributed by atoms with Crippen LogP contribution < -0.4 is 0 Å². The highest BCUT2D eigenvalue weighted by molar-refractivity contribution is 7.09. The van der Waals surface area contributed by atoms with Crippen LogP contribution >= 0.6 is 11.3 Å². The minimum atomic E-state index is -1.96. The Bertz CT molecular complexity index is 994. The average Bonchev–Trinajstić information content (AvgIpc) is 3.53. The Morgan fingerprint density at radius 1 is 1.13 bits per heavy atom. The van der Waals surface area contributed by atoms with Crippen LogP contribution in [0.1, 0.15) is 35.5 Å². The molecule has 3 aliphatic heterocycles. The lowest BCUT2D eigenvalue weighted by Gasteiger charge is -2.53. The molecule has 5 nitrogen and oxygen atoms in total. The second kappa shape index (κ2) is 8.26. The minimum absolute atomic E-state index is 0.185. The van der Waals surface area contributed by atoms with Gasteiger partial charge in [0.25, 0.3) is 0 Å². The fourth-order valence-corrected chi connectivity index (χ4v) is 5.91. The smallest absolute Gasteiger partial charge is 0.355 e. The monoisotopic (exact) mass is 438 g/mol. The molecule has 162 valence electrons. The fraction of sp³-hybridized carbons (Fsp3) is 0.400. The maximum Gasteiger partial charge on any atom is 0.355 e. The quantitative estimate of drug-likeness (QED) is 0.441. The number of esters is 1. The number of piperidine rings is 3. The number of ether oxygens (including phenoxy) is 1. The van der Waals surface area contributed by atoms with E-state index in [1.54, 1.807) is 47.7 Å². The topological polar surface area (TPSA) is 59.7 Å². The summed E-state index contributed by atoms with van der Waals surface area (Å²) in [6, 6.07) is 16.5. The highest BCUT2D eigenvalue weighted by Crippen LogP contribution is 2.41. The number of fused-ring (bicyclic) bond motifs is 3. The first-order valence-electron chi connectivity index (χ1n) is 11.0. The predicted molar refractivity (Wildman–Crippen MR) is 118 cm³/mol. The maximum atomic E-state index is 13.5. The number of carbonyl (C=O) groups excluding carboxylic acids is 1. The highest BCUT2D eigenvalue weighted by Gasteiger charge is 2.53. The Morgan fingerprint density at radius 3 is 2.61 bits per heavy atom. The van der Waals surface area contributed by atoms with Crippen LogP contribution in [-0.2, 0) is 21.6 Å². The minimum Gasteiger partial charge on any atom is -0.465 e. The van der Waals surface area contributed by atoms with Gasteiger partial charge in [0.15, 0.2) is 5.76 Å². The average molecular weight is 439 g/mol. The summed E-state index contributed by atoms with van der Waals surface area (Å²) < 4.78 is 12.5. The highest BCUT2D eigenvalue weighted by atomic mass is 32.1. The van der Waals surface area contributed by atoms with Gasteiger partial charge in [-0.1, -0.05) is 36.4 Å². The van der Waals surface area contributed by atoms with Gasteiger partial charge in [-0.15, -0.1) is 11.3 Å². The van der Waals surface area contributed by atoms with Crippen LogP contribution in [0, 0.1) is 5.92 Å². The Balaban J connectivity index is 1.42. The third-order valence-corrected chi connectivity index (χ3v) is 8.04. The summed E-state index contributed by atoms with van der Waals surface area (Å²) in [5, 5.41) is 13.7. The van der Waals surface area contributed by atoms with Gasteiger partial charge in [0.1, 0.15) is 0 Å². The number of hydrogen-bond acceptors (Lipinski definition) is 5. The summed E-state index contributed by atoms with van der Waals surface area (Å²) in [7, 11) is 0. The first-order valence-corrected chi connectivity index (χ1v) is 11.9. The summed E-state index contributed by atoms with van der Waals surface area (Å²) in [5.41, 5.74) is -1.50. The van der Waals surface area contributed by atoms with Crippen molar-refractivity contribution in [2.75, 3.05) is 19.6 Å². The number of aliphatic hydroxyl groups is 1. The molecule has 0 spiro atoms. The zero-order chi connectivity index (χ0) is 21.3. The van der Waals surface area contributed by atoms with E-state index >= 15 is 0 Å². The molecule has 6 rings (SSSR count). The molecule has 3 aliphatic rings. The normalized spacial score (nSPS) is 27.0. The first-order chi connectivity index (χ1) is 15.1. The second-order valence-electron chi connectivity index (χ2n) is 8.81. The van der Waals surface area contributed by atoms with Crippen molar-refractivity contribution in [3.63, 3.8) is 0 Å². The summed E-state index contributed by atoms with van der Waals surface area (Å²) in [6.45, 7) is 3.01. The van der Waals surface area contributed by atoms with Crippen molar-refractivity contribution in [3.8, 4) is 0 Å². The van der Waals surface area contributed by atoms with Crippen LogP contribution in [0.4, 0.5) is 0 Å². The Hall–Kier alpha value is -2.41. The van der Waals surface area contributed by atoms with E-state index in [2.05, 4.69) is 17.5 Å². The van der Waals surface area contributed by atoms with E-state index in [-0.39, 0.29) is 12.0 Å². The van der Waals surface area contributed by atoms with Crippen LogP contribution in [0.25, 0.3) is 0 Å². The lowest BCUT2D eigenvalue weighted by molar-refractivity contribution is -0.984. The van der Waals surface area contributed by atoms with Gasteiger partial charge < -0.3 is 14.3 Å². The van der Waals surface area contributed by atoms with Crippen molar-refractivity contribution in [3.05, 3.63) is 82.4 Å². The van der Waals surface area contributed by atoms with Crippen molar-refractivity contribution >= 4 is 17.3 Å². The number of thiophene rings is 1. The Kier molecular flexibility index (Phi) is 5.46. The van der Waals surface area contributed by atoms with Crippen LogP contribution in [0.3, 0.4) is 0 Å². The molecule has 2 unspecified atom stereocenters. The molecule has 0 amide bonds. The van der Waals surface area contributed by atoms with E-state index in [0.717, 1.165) is 37.0 Å². The number of nitrogens with zero attached hydrogens (tertiary/aromatic N) is 1. The van der Waals surface area contributed by atoms with Gasteiger partial charge in [-0.25, -0.2) is 4.79 Å². The molecule has 2 bridgehead atoms. The summed E-state index contributed by atoms with van der Waals surface area (Å²) in [6.07, 6.45) is 5.44. The van der Waals surface area contributed by atoms with Gasteiger partial charge in [-0.3, -0.25) is 4.48 Å². The molecule has 0 radical (unpaired) electrons. The van der Waals surface area contributed by atoms with Crippen LogP contribution in [0.15, 0.2) is 70.7 Å². The van der Waals surface area contributed by atoms with E-state index < -0.39 is 11.6 Å². The fourth-order valence-electron chi connectivity index (χ4n) is 5.22. The third kappa shape index (κ3) is 3.73. The lowest BCUT2D eigenvalue weighted by atomic mass is 9.84.